The molecule has 8 nitrogen and oxygen atoms in total. The van der Waals surface area contributed by atoms with Gasteiger partial charge in [-0.05, 0) is 19.3 Å². The van der Waals surface area contributed by atoms with E-state index in [-0.39, 0.29) is 29.9 Å². The van der Waals surface area contributed by atoms with Crippen LogP contribution in [0.4, 0.5) is 0 Å². The molecular weight excluding hydrogens is 384 g/mol. The van der Waals surface area contributed by atoms with Crippen LogP contribution in [0.15, 0.2) is 34.9 Å². The van der Waals surface area contributed by atoms with Gasteiger partial charge in [0.2, 0.25) is 21.6 Å². The lowest BCUT2D eigenvalue weighted by Gasteiger charge is -2.34. The maximum Gasteiger partial charge on any atom is 0.249 e. The Morgan fingerprint density at radius 1 is 0.893 bits per heavy atom. The highest BCUT2D eigenvalue weighted by atomic mass is 32.2. The number of ketones is 2. The van der Waals surface area contributed by atoms with Crippen molar-refractivity contribution in [2.24, 2.45) is 0 Å². The monoisotopic (exact) mass is 408 g/mol. The van der Waals surface area contributed by atoms with Gasteiger partial charge in [0.1, 0.15) is 5.70 Å². The van der Waals surface area contributed by atoms with E-state index in [2.05, 4.69) is 0 Å². The fourth-order valence-corrected chi connectivity index (χ4v) is 5.40. The van der Waals surface area contributed by atoms with E-state index >= 15 is 0 Å². The summed E-state index contributed by atoms with van der Waals surface area (Å²) in [5.74, 6) is -1.21. The van der Waals surface area contributed by atoms with Gasteiger partial charge in [-0.1, -0.05) is 24.3 Å². The molecule has 152 valence electrons. The third-order valence-electron chi connectivity index (χ3n) is 5.02. The number of fused-ring (bicyclic) bond motifs is 1. The fraction of sp³-hybridized carbons (Fsp3) is 0.474. The van der Waals surface area contributed by atoms with E-state index in [1.54, 1.807) is 17.0 Å². The van der Waals surface area contributed by atoms with Gasteiger partial charge in [0.15, 0.2) is 4.91 Å². The van der Waals surface area contributed by atoms with Crippen molar-refractivity contribution in [1.29, 1.82) is 0 Å². The smallest absolute Gasteiger partial charge is 0.249 e. The second-order valence-corrected chi connectivity index (χ2v) is 8.66. The highest BCUT2D eigenvalue weighted by Gasteiger charge is 2.43. The lowest BCUT2D eigenvalue weighted by molar-refractivity contribution is 0.0938. The van der Waals surface area contributed by atoms with E-state index in [4.69, 9.17) is 0 Å². The number of sulfonamides is 1. The van der Waals surface area contributed by atoms with Crippen molar-refractivity contribution in [2.75, 3.05) is 39.4 Å². The number of aliphatic hydroxyl groups excluding tert-OH is 2. The predicted octanol–water partition coefficient (Wildman–Crippen LogP) is 0.380. The quantitative estimate of drug-likeness (QED) is 0.670. The molecule has 0 saturated carbocycles. The molecule has 28 heavy (non-hydrogen) atoms. The van der Waals surface area contributed by atoms with Crippen molar-refractivity contribution in [3.05, 3.63) is 46.0 Å². The predicted molar refractivity (Wildman–Crippen MR) is 102 cm³/mol. The number of Topliss-reactive ketones (excluding diaryl/α,β-unsaturated/α-hetero) is 2. The van der Waals surface area contributed by atoms with Gasteiger partial charge in [0.05, 0.1) is 13.2 Å². The van der Waals surface area contributed by atoms with Crippen LogP contribution in [0.3, 0.4) is 0 Å². The summed E-state index contributed by atoms with van der Waals surface area (Å²) in [7, 11) is -4.39. The average molecular weight is 408 g/mol. The Morgan fingerprint density at radius 3 is 1.96 bits per heavy atom. The largest absolute Gasteiger partial charge is 0.395 e. The van der Waals surface area contributed by atoms with Crippen LogP contribution in [-0.2, 0) is 10.0 Å². The van der Waals surface area contributed by atoms with Gasteiger partial charge < -0.3 is 15.1 Å². The van der Waals surface area contributed by atoms with Crippen molar-refractivity contribution >= 4 is 21.6 Å². The summed E-state index contributed by atoms with van der Waals surface area (Å²) < 4.78 is 27.5. The topological polar surface area (TPSA) is 115 Å². The number of hydrogen-bond acceptors (Lipinski definition) is 7. The second-order valence-electron chi connectivity index (χ2n) is 6.78. The molecule has 0 spiro atoms. The third-order valence-corrected chi connectivity index (χ3v) is 6.96. The summed E-state index contributed by atoms with van der Waals surface area (Å²) in [4.78, 5) is 27.6. The molecule has 1 heterocycles. The Morgan fingerprint density at radius 2 is 1.43 bits per heavy atom. The number of allylic oxidation sites excluding steroid dienone is 2. The first kappa shape index (κ1) is 20.7. The van der Waals surface area contributed by atoms with E-state index in [1.165, 1.54) is 12.1 Å². The molecule has 0 radical (unpaired) electrons. The van der Waals surface area contributed by atoms with Crippen molar-refractivity contribution in [1.82, 2.24) is 9.21 Å². The van der Waals surface area contributed by atoms with Crippen molar-refractivity contribution in [2.45, 2.75) is 19.3 Å². The van der Waals surface area contributed by atoms with Gasteiger partial charge >= 0.3 is 0 Å². The van der Waals surface area contributed by atoms with Crippen molar-refractivity contribution in [3.8, 4) is 0 Å². The molecule has 0 unspecified atom stereocenters. The number of hydrogen-bond donors (Lipinski definition) is 2. The Balaban J connectivity index is 2.21. The third kappa shape index (κ3) is 3.62. The number of piperidine rings is 1. The second kappa shape index (κ2) is 8.52. The Hall–Kier alpha value is -2.07. The van der Waals surface area contributed by atoms with Crippen molar-refractivity contribution < 1.29 is 28.2 Å². The summed E-state index contributed by atoms with van der Waals surface area (Å²) in [5.41, 5.74) is 0.159. The lowest BCUT2D eigenvalue weighted by atomic mass is 9.91. The van der Waals surface area contributed by atoms with E-state index < -0.39 is 39.7 Å². The van der Waals surface area contributed by atoms with Crippen LogP contribution in [0.25, 0.3) is 0 Å². The number of likely N-dealkylation sites (tertiary alicyclic amines) is 1. The highest BCUT2D eigenvalue weighted by Crippen LogP contribution is 2.34. The minimum Gasteiger partial charge on any atom is -0.395 e. The molecule has 1 aromatic rings. The minimum atomic E-state index is -4.39. The van der Waals surface area contributed by atoms with Crippen LogP contribution in [0.5, 0.6) is 0 Å². The summed E-state index contributed by atoms with van der Waals surface area (Å²) in [6.07, 6.45) is 2.58. The van der Waals surface area contributed by atoms with E-state index in [0.717, 1.165) is 23.6 Å². The van der Waals surface area contributed by atoms with Crippen LogP contribution in [0, 0.1) is 0 Å². The van der Waals surface area contributed by atoms with Gasteiger partial charge in [-0.3, -0.25) is 9.59 Å². The summed E-state index contributed by atoms with van der Waals surface area (Å²) in [6, 6.07) is 6.20. The fourth-order valence-electron chi connectivity index (χ4n) is 3.69. The number of benzene rings is 1. The lowest BCUT2D eigenvalue weighted by Crippen LogP contribution is -2.44. The molecule has 2 N–H and O–H groups in total. The number of nitrogens with zero attached hydrogens (tertiary/aromatic N) is 2. The number of carbonyl (C=O) groups is 2. The average Bonchev–Trinajstić information content (AvgIpc) is 2.70. The molecule has 1 aliphatic carbocycles. The Kier molecular flexibility index (Phi) is 6.29. The van der Waals surface area contributed by atoms with Gasteiger partial charge in [-0.25, -0.2) is 8.42 Å². The highest BCUT2D eigenvalue weighted by molar-refractivity contribution is 7.94. The normalized spacial score (nSPS) is 18.0. The van der Waals surface area contributed by atoms with Gasteiger partial charge in [-0.15, -0.1) is 0 Å². The van der Waals surface area contributed by atoms with Crippen molar-refractivity contribution in [3.63, 3.8) is 0 Å². The molecule has 1 aliphatic heterocycles. The summed E-state index contributed by atoms with van der Waals surface area (Å²) in [5, 5.41) is 18.5. The Labute approximate surface area is 164 Å². The zero-order valence-corrected chi connectivity index (χ0v) is 16.3. The number of rotatable bonds is 7. The first-order valence-electron chi connectivity index (χ1n) is 9.33. The number of carbonyl (C=O) groups excluding carboxylic acids is 2. The molecule has 1 fully saturated rings. The molecule has 2 aliphatic rings. The van der Waals surface area contributed by atoms with Crippen LogP contribution in [-0.4, -0.2) is 78.8 Å². The van der Waals surface area contributed by atoms with E-state index in [1.807, 2.05) is 0 Å². The van der Waals surface area contributed by atoms with E-state index in [9.17, 15) is 28.2 Å². The first-order chi connectivity index (χ1) is 13.4. The molecule has 3 rings (SSSR count). The standard InChI is InChI=1S/C19H24N2O6S/c22-12-10-21(11-13-23)28(26,27)19-16(20-8-4-1-5-9-20)17(24)14-6-2-3-7-15(14)18(19)25/h2-3,6-7,22-23H,1,4-5,8-13H2. The molecule has 9 heteroatoms. The minimum absolute atomic E-state index is 0.0554. The van der Waals surface area contributed by atoms with Gasteiger partial charge in [0.25, 0.3) is 0 Å². The maximum absolute atomic E-state index is 13.3. The summed E-state index contributed by atoms with van der Waals surface area (Å²) in [6.45, 7) is -0.495. The van der Waals surface area contributed by atoms with Crippen LogP contribution >= 0.6 is 0 Å². The first-order valence-corrected chi connectivity index (χ1v) is 10.8. The van der Waals surface area contributed by atoms with Crippen LogP contribution in [0.1, 0.15) is 40.0 Å². The van der Waals surface area contributed by atoms with Gasteiger partial charge in [0, 0.05) is 37.3 Å². The molecular formula is C19H24N2O6S. The summed E-state index contributed by atoms with van der Waals surface area (Å²) >= 11 is 0. The molecule has 0 bridgehead atoms. The van der Waals surface area contributed by atoms with Crippen LogP contribution < -0.4 is 0 Å². The zero-order valence-electron chi connectivity index (χ0n) is 15.5. The SMILES string of the molecule is O=C1C(N2CCCCC2)=C(S(=O)(=O)N(CCO)CCO)C(=O)c2ccccc21. The number of aliphatic hydroxyl groups is 2. The molecule has 0 atom stereocenters. The molecule has 0 amide bonds. The Bertz CT molecular complexity index is 897. The zero-order chi connectivity index (χ0) is 20.3. The maximum atomic E-state index is 13.3. The molecule has 1 aromatic carbocycles. The molecule has 1 saturated heterocycles. The molecule has 0 aromatic heterocycles. The van der Waals surface area contributed by atoms with E-state index in [0.29, 0.717) is 13.1 Å². The van der Waals surface area contributed by atoms with Crippen LogP contribution in [0.2, 0.25) is 0 Å². The van der Waals surface area contributed by atoms with Gasteiger partial charge in [-0.2, -0.15) is 4.31 Å².